The molecule has 0 bridgehead atoms. The molecule has 4 N–H and O–H groups in total. The highest BCUT2D eigenvalue weighted by Crippen LogP contribution is 2.39. The van der Waals surface area contributed by atoms with Gasteiger partial charge in [-0.2, -0.15) is 0 Å². The van der Waals surface area contributed by atoms with Gasteiger partial charge in [-0.3, -0.25) is 9.59 Å². The van der Waals surface area contributed by atoms with Crippen molar-refractivity contribution >= 4 is 33.5 Å². The molecule has 0 aliphatic carbocycles. The van der Waals surface area contributed by atoms with Gasteiger partial charge in [0, 0.05) is 24.0 Å². The molecule has 0 aromatic carbocycles. The SMILES string of the molecule is NC(CCNC(=O)CCCCC1CCSS1)C(=O)O. The van der Waals surface area contributed by atoms with E-state index in [0.29, 0.717) is 13.0 Å². The smallest absolute Gasteiger partial charge is 0.320 e. The molecule has 1 fully saturated rings. The Morgan fingerprint density at radius 3 is 2.84 bits per heavy atom. The van der Waals surface area contributed by atoms with E-state index in [2.05, 4.69) is 5.32 Å². The number of hydrogen-bond acceptors (Lipinski definition) is 5. The molecule has 2 atom stereocenters. The molecule has 0 spiro atoms. The van der Waals surface area contributed by atoms with Gasteiger partial charge < -0.3 is 16.2 Å². The molecule has 0 saturated carbocycles. The standard InChI is InChI=1S/C12H22N2O3S2/c13-10(12(16)17)5-7-14-11(15)4-2-1-3-9-6-8-18-19-9/h9-10H,1-8,13H2,(H,14,15)(H,16,17). The van der Waals surface area contributed by atoms with Gasteiger partial charge in [-0.25, -0.2) is 0 Å². The molecule has 5 nitrogen and oxygen atoms in total. The zero-order valence-electron chi connectivity index (χ0n) is 11.0. The number of carbonyl (C=O) groups excluding carboxylic acids is 1. The Kier molecular flexibility index (Phi) is 8.32. The fraction of sp³-hybridized carbons (Fsp3) is 0.833. The highest BCUT2D eigenvalue weighted by atomic mass is 33.1. The van der Waals surface area contributed by atoms with E-state index in [0.717, 1.165) is 18.1 Å². The van der Waals surface area contributed by atoms with Crippen LogP contribution in [0.3, 0.4) is 0 Å². The van der Waals surface area contributed by atoms with Crippen LogP contribution in [0.15, 0.2) is 0 Å². The largest absolute Gasteiger partial charge is 0.480 e. The molecule has 7 heteroatoms. The molecule has 1 aliphatic heterocycles. The van der Waals surface area contributed by atoms with Crippen LogP contribution < -0.4 is 11.1 Å². The summed E-state index contributed by atoms with van der Waals surface area (Å²) in [4.78, 5) is 22.0. The van der Waals surface area contributed by atoms with E-state index in [4.69, 9.17) is 10.8 Å². The zero-order chi connectivity index (χ0) is 14.1. The minimum absolute atomic E-state index is 0.00830. The van der Waals surface area contributed by atoms with E-state index in [1.54, 1.807) is 0 Å². The van der Waals surface area contributed by atoms with Crippen molar-refractivity contribution in [2.75, 3.05) is 12.3 Å². The van der Waals surface area contributed by atoms with Gasteiger partial charge in [0.25, 0.3) is 0 Å². The predicted octanol–water partition coefficient (Wildman–Crippen LogP) is 1.62. The van der Waals surface area contributed by atoms with Crippen LogP contribution in [0.25, 0.3) is 0 Å². The number of carboxylic acids is 1. The minimum atomic E-state index is -1.03. The lowest BCUT2D eigenvalue weighted by Crippen LogP contribution is -2.35. The Morgan fingerprint density at radius 1 is 1.42 bits per heavy atom. The zero-order valence-corrected chi connectivity index (χ0v) is 12.6. The van der Waals surface area contributed by atoms with Gasteiger partial charge in [-0.1, -0.05) is 28.0 Å². The van der Waals surface area contributed by atoms with Crippen molar-refractivity contribution in [1.29, 1.82) is 0 Å². The summed E-state index contributed by atoms with van der Waals surface area (Å²) in [6.07, 6.45) is 5.26. The first-order chi connectivity index (χ1) is 9.09. The van der Waals surface area contributed by atoms with Crippen molar-refractivity contribution in [2.45, 2.75) is 49.8 Å². The first kappa shape index (κ1) is 16.7. The third-order valence-corrected chi connectivity index (χ3v) is 6.01. The average Bonchev–Trinajstić information content (AvgIpc) is 2.87. The molecule has 0 aromatic rings. The van der Waals surface area contributed by atoms with Crippen LogP contribution >= 0.6 is 21.6 Å². The van der Waals surface area contributed by atoms with Crippen molar-refractivity contribution in [3.8, 4) is 0 Å². The highest BCUT2D eigenvalue weighted by molar-refractivity contribution is 8.77. The quantitative estimate of drug-likeness (QED) is 0.443. The number of hydrogen-bond donors (Lipinski definition) is 3. The summed E-state index contributed by atoms with van der Waals surface area (Å²) in [5.74, 6) is 0.215. The second-order valence-electron chi connectivity index (χ2n) is 4.66. The van der Waals surface area contributed by atoms with E-state index < -0.39 is 12.0 Å². The van der Waals surface area contributed by atoms with Crippen molar-refractivity contribution in [3.63, 3.8) is 0 Å². The van der Waals surface area contributed by atoms with Gasteiger partial charge >= 0.3 is 5.97 Å². The minimum Gasteiger partial charge on any atom is -0.480 e. The number of aliphatic carboxylic acids is 1. The number of unbranched alkanes of at least 4 members (excludes halogenated alkanes) is 1. The molecule has 0 radical (unpaired) electrons. The molecule has 2 unspecified atom stereocenters. The predicted molar refractivity (Wildman–Crippen MR) is 80.2 cm³/mol. The van der Waals surface area contributed by atoms with E-state index in [1.807, 2.05) is 21.6 Å². The Bertz CT molecular complexity index is 297. The van der Waals surface area contributed by atoms with Crippen molar-refractivity contribution in [2.24, 2.45) is 5.73 Å². The first-order valence-electron chi connectivity index (χ1n) is 6.63. The topological polar surface area (TPSA) is 92.4 Å². The Labute approximate surface area is 121 Å². The summed E-state index contributed by atoms with van der Waals surface area (Å²) in [6, 6.07) is -0.891. The normalized spacial score (nSPS) is 20.2. The maximum Gasteiger partial charge on any atom is 0.320 e. The lowest BCUT2D eigenvalue weighted by Gasteiger charge is -2.09. The summed E-state index contributed by atoms with van der Waals surface area (Å²) >= 11 is 0. The monoisotopic (exact) mass is 306 g/mol. The molecular formula is C12H22N2O3S2. The molecular weight excluding hydrogens is 284 g/mol. The summed E-state index contributed by atoms with van der Waals surface area (Å²) in [5, 5.41) is 12.1. The second-order valence-corrected chi connectivity index (χ2v) is 7.45. The van der Waals surface area contributed by atoms with E-state index in [-0.39, 0.29) is 12.3 Å². The molecule has 1 aliphatic rings. The van der Waals surface area contributed by atoms with Gasteiger partial charge in [0.2, 0.25) is 5.91 Å². The fourth-order valence-electron chi connectivity index (χ4n) is 1.80. The summed E-state index contributed by atoms with van der Waals surface area (Å²) < 4.78 is 0. The second kappa shape index (κ2) is 9.50. The molecule has 0 aromatic heterocycles. The summed E-state index contributed by atoms with van der Waals surface area (Å²) in [7, 11) is 3.91. The summed E-state index contributed by atoms with van der Waals surface area (Å²) in [5.41, 5.74) is 5.34. The van der Waals surface area contributed by atoms with Gasteiger partial charge in [0.1, 0.15) is 6.04 Å². The van der Waals surface area contributed by atoms with E-state index >= 15 is 0 Å². The number of nitrogens with two attached hydrogens (primary N) is 1. The van der Waals surface area contributed by atoms with Gasteiger partial charge in [-0.15, -0.1) is 0 Å². The number of rotatable bonds is 9. The van der Waals surface area contributed by atoms with Crippen LogP contribution in [-0.2, 0) is 9.59 Å². The maximum absolute atomic E-state index is 11.5. The van der Waals surface area contributed by atoms with Crippen molar-refractivity contribution in [1.82, 2.24) is 5.32 Å². The Balaban J connectivity index is 1.94. The number of amides is 1. The van der Waals surface area contributed by atoms with Gasteiger partial charge in [-0.05, 0) is 25.7 Å². The van der Waals surface area contributed by atoms with Crippen LogP contribution in [-0.4, -0.2) is 40.6 Å². The summed E-state index contributed by atoms with van der Waals surface area (Å²) in [6.45, 7) is 0.335. The number of carboxylic acid groups (broad SMARTS) is 1. The Hall–Kier alpha value is -0.400. The molecule has 1 amide bonds. The van der Waals surface area contributed by atoms with Crippen molar-refractivity contribution < 1.29 is 14.7 Å². The van der Waals surface area contributed by atoms with Crippen LogP contribution in [0.5, 0.6) is 0 Å². The third-order valence-electron chi connectivity index (χ3n) is 3.00. The molecule has 1 saturated heterocycles. The van der Waals surface area contributed by atoms with Crippen LogP contribution in [0.1, 0.15) is 38.5 Å². The molecule has 1 heterocycles. The third kappa shape index (κ3) is 7.69. The average molecular weight is 306 g/mol. The molecule has 1 rings (SSSR count). The Morgan fingerprint density at radius 2 is 2.21 bits per heavy atom. The fourth-order valence-corrected chi connectivity index (χ4v) is 4.83. The van der Waals surface area contributed by atoms with E-state index in [1.165, 1.54) is 18.6 Å². The van der Waals surface area contributed by atoms with E-state index in [9.17, 15) is 9.59 Å². The van der Waals surface area contributed by atoms with Crippen LogP contribution in [0, 0.1) is 0 Å². The molecule has 110 valence electrons. The van der Waals surface area contributed by atoms with Gasteiger partial charge in [0.15, 0.2) is 0 Å². The lowest BCUT2D eigenvalue weighted by molar-refractivity contribution is -0.138. The van der Waals surface area contributed by atoms with Crippen LogP contribution in [0.4, 0.5) is 0 Å². The van der Waals surface area contributed by atoms with Gasteiger partial charge in [0.05, 0.1) is 0 Å². The van der Waals surface area contributed by atoms with Crippen molar-refractivity contribution in [3.05, 3.63) is 0 Å². The number of carbonyl (C=O) groups is 2. The highest BCUT2D eigenvalue weighted by Gasteiger charge is 2.16. The maximum atomic E-state index is 11.5. The number of nitrogens with one attached hydrogen (secondary N) is 1. The lowest BCUT2D eigenvalue weighted by atomic mass is 10.1. The first-order valence-corrected chi connectivity index (χ1v) is 9.01. The molecule has 19 heavy (non-hydrogen) atoms. The van der Waals surface area contributed by atoms with Crippen LogP contribution in [0.2, 0.25) is 0 Å².